The third kappa shape index (κ3) is 3.27. The summed E-state index contributed by atoms with van der Waals surface area (Å²) >= 11 is 0. The molecule has 0 aromatic rings. The van der Waals surface area contributed by atoms with E-state index in [-0.39, 0.29) is 11.5 Å². The highest BCUT2D eigenvalue weighted by atomic mass is 32.2. The summed E-state index contributed by atoms with van der Waals surface area (Å²) in [5.41, 5.74) is -0.909. The lowest BCUT2D eigenvalue weighted by molar-refractivity contribution is 0.0558. The van der Waals surface area contributed by atoms with Gasteiger partial charge in [0.1, 0.15) is 0 Å². The van der Waals surface area contributed by atoms with Crippen LogP contribution in [0.15, 0.2) is 0 Å². The highest BCUT2D eigenvalue weighted by Crippen LogP contribution is 2.28. The van der Waals surface area contributed by atoms with Crippen LogP contribution in [0.25, 0.3) is 0 Å². The van der Waals surface area contributed by atoms with Crippen molar-refractivity contribution in [2.24, 2.45) is 0 Å². The molecule has 1 heterocycles. The third-order valence-corrected chi connectivity index (χ3v) is 4.42. The molecule has 1 atom stereocenters. The number of rotatable bonds is 4. The van der Waals surface area contributed by atoms with Crippen molar-refractivity contribution in [3.63, 3.8) is 0 Å². The molecule has 1 saturated heterocycles. The molecule has 1 fully saturated rings. The zero-order valence-electron chi connectivity index (χ0n) is 8.12. The lowest BCUT2D eigenvalue weighted by atomic mass is 9.96. The summed E-state index contributed by atoms with van der Waals surface area (Å²) < 4.78 is 22.2. The molecular weight excluding hydrogens is 188 g/mol. The zero-order chi connectivity index (χ0) is 9.95. The van der Waals surface area contributed by atoms with Crippen molar-refractivity contribution in [2.75, 3.05) is 11.5 Å². The lowest BCUT2D eigenvalue weighted by Gasteiger charge is -2.19. The molecule has 1 N–H and O–H groups in total. The normalized spacial score (nSPS) is 32.2. The Morgan fingerprint density at radius 1 is 1.38 bits per heavy atom. The molecule has 1 unspecified atom stereocenters. The highest BCUT2D eigenvalue weighted by molar-refractivity contribution is 7.91. The summed E-state index contributed by atoms with van der Waals surface area (Å²) in [6.07, 6.45) is 4.17. The van der Waals surface area contributed by atoms with Gasteiger partial charge in [-0.2, -0.15) is 0 Å². The SMILES string of the molecule is CCCCCC1(O)CCS(=O)(=O)C1. The fraction of sp³-hybridized carbons (Fsp3) is 1.00. The number of hydrogen-bond donors (Lipinski definition) is 1. The summed E-state index contributed by atoms with van der Waals surface area (Å²) in [5, 5.41) is 9.87. The molecule has 13 heavy (non-hydrogen) atoms. The van der Waals surface area contributed by atoms with Gasteiger partial charge >= 0.3 is 0 Å². The van der Waals surface area contributed by atoms with E-state index < -0.39 is 15.4 Å². The van der Waals surface area contributed by atoms with E-state index in [1.54, 1.807) is 0 Å². The zero-order valence-corrected chi connectivity index (χ0v) is 8.94. The van der Waals surface area contributed by atoms with Crippen molar-refractivity contribution >= 4 is 9.84 Å². The molecule has 0 bridgehead atoms. The van der Waals surface area contributed by atoms with Gasteiger partial charge in [0.05, 0.1) is 17.1 Å². The first-order chi connectivity index (χ1) is 5.97. The maximum Gasteiger partial charge on any atom is 0.153 e. The molecular formula is C9H18O3S. The minimum Gasteiger partial charge on any atom is -0.389 e. The quantitative estimate of drug-likeness (QED) is 0.701. The minimum absolute atomic E-state index is 0.0241. The Balaban J connectivity index is 2.41. The molecule has 0 spiro atoms. The van der Waals surface area contributed by atoms with Crippen molar-refractivity contribution in [3.05, 3.63) is 0 Å². The number of hydrogen-bond acceptors (Lipinski definition) is 3. The van der Waals surface area contributed by atoms with Crippen LogP contribution >= 0.6 is 0 Å². The molecule has 0 aliphatic carbocycles. The number of aliphatic hydroxyl groups is 1. The van der Waals surface area contributed by atoms with E-state index >= 15 is 0 Å². The van der Waals surface area contributed by atoms with Gasteiger partial charge in [-0.15, -0.1) is 0 Å². The second-order valence-electron chi connectivity index (χ2n) is 4.02. The van der Waals surface area contributed by atoms with Crippen LogP contribution in [0.2, 0.25) is 0 Å². The molecule has 1 aliphatic heterocycles. The van der Waals surface area contributed by atoms with Gasteiger partial charge in [0.25, 0.3) is 0 Å². The Kier molecular flexibility index (Phi) is 3.35. The van der Waals surface area contributed by atoms with Gasteiger partial charge in [0.2, 0.25) is 0 Å². The Bertz CT molecular complexity index is 258. The van der Waals surface area contributed by atoms with Crippen molar-refractivity contribution in [1.29, 1.82) is 0 Å². The molecule has 4 heteroatoms. The van der Waals surface area contributed by atoms with Crippen LogP contribution in [-0.2, 0) is 9.84 Å². The van der Waals surface area contributed by atoms with Gasteiger partial charge in [0.15, 0.2) is 9.84 Å². The van der Waals surface area contributed by atoms with E-state index in [0.717, 1.165) is 19.3 Å². The first-order valence-electron chi connectivity index (χ1n) is 4.90. The van der Waals surface area contributed by atoms with E-state index in [9.17, 15) is 13.5 Å². The average Bonchev–Trinajstić information content (AvgIpc) is 2.27. The van der Waals surface area contributed by atoms with E-state index in [2.05, 4.69) is 6.92 Å². The summed E-state index contributed by atoms with van der Waals surface area (Å²) in [5.74, 6) is 0.138. The lowest BCUT2D eigenvalue weighted by Crippen LogP contribution is -2.29. The van der Waals surface area contributed by atoms with Gasteiger partial charge in [-0.25, -0.2) is 8.42 Å². The van der Waals surface area contributed by atoms with Crippen LogP contribution in [0.4, 0.5) is 0 Å². The Labute approximate surface area is 80.1 Å². The fourth-order valence-corrected chi connectivity index (χ4v) is 3.74. The third-order valence-electron chi connectivity index (χ3n) is 2.61. The molecule has 0 aromatic heterocycles. The number of sulfone groups is 1. The monoisotopic (exact) mass is 206 g/mol. The molecule has 0 aromatic carbocycles. The van der Waals surface area contributed by atoms with E-state index in [0.29, 0.717) is 12.8 Å². The van der Waals surface area contributed by atoms with Crippen LogP contribution in [0.5, 0.6) is 0 Å². The summed E-state index contributed by atoms with van der Waals surface area (Å²) in [7, 11) is -2.94. The van der Waals surface area contributed by atoms with Gasteiger partial charge < -0.3 is 5.11 Å². The number of unbranched alkanes of at least 4 members (excludes halogenated alkanes) is 2. The first kappa shape index (κ1) is 11.0. The first-order valence-corrected chi connectivity index (χ1v) is 6.72. The molecule has 0 saturated carbocycles. The van der Waals surface area contributed by atoms with Crippen LogP contribution in [-0.4, -0.2) is 30.6 Å². The van der Waals surface area contributed by atoms with Crippen molar-refractivity contribution < 1.29 is 13.5 Å². The van der Waals surface area contributed by atoms with Gasteiger partial charge in [-0.3, -0.25) is 0 Å². The Hall–Kier alpha value is -0.0900. The summed E-state index contributed by atoms with van der Waals surface area (Å²) in [6, 6.07) is 0. The molecule has 1 rings (SSSR count). The van der Waals surface area contributed by atoms with E-state index in [1.165, 1.54) is 0 Å². The summed E-state index contributed by atoms with van der Waals surface area (Å²) in [4.78, 5) is 0. The van der Waals surface area contributed by atoms with Gasteiger partial charge in [-0.1, -0.05) is 26.2 Å². The van der Waals surface area contributed by atoms with Gasteiger partial charge in [-0.05, 0) is 12.8 Å². The van der Waals surface area contributed by atoms with Crippen molar-refractivity contribution in [3.8, 4) is 0 Å². The molecule has 0 amide bonds. The van der Waals surface area contributed by atoms with Crippen LogP contribution in [0.1, 0.15) is 39.0 Å². The molecule has 78 valence electrons. The van der Waals surface area contributed by atoms with Gasteiger partial charge in [0, 0.05) is 0 Å². The predicted molar refractivity (Wildman–Crippen MR) is 52.4 cm³/mol. The molecule has 1 aliphatic rings. The van der Waals surface area contributed by atoms with Crippen LogP contribution in [0.3, 0.4) is 0 Å². The average molecular weight is 206 g/mol. The predicted octanol–water partition coefficient (Wildman–Crippen LogP) is 1.12. The van der Waals surface area contributed by atoms with Crippen molar-refractivity contribution in [2.45, 2.75) is 44.6 Å². The standard InChI is InChI=1S/C9H18O3S/c1-2-3-4-5-9(10)6-7-13(11,12)8-9/h10H,2-8H2,1H3. The maximum absolute atomic E-state index is 11.1. The topological polar surface area (TPSA) is 54.4 Å². The summed E-state index contributed by atoms with van der Waals surface area (Å²) in [6.45, 7) is 2.09. The van der Waals surface area contributed by atoms with E-state index in [4.69, 9.17) is 0 Å². The smallest absolute Gasteiger partial charge is 0.153 e. The second kappa shape index (κ2) is 3.96. The van der Waals surface area contributed by atoms with Crippen molar-refractivity contribution in [1.82, 2.24) is 0 Å². The maximum atomic E-state index is 11.1. The Morgan fingerprint density at radius 3 is 2.54 bits per heavy atom. The largest absolute Gasteiger partial charge is 0.389 e. The fourth-order valence-electron chi connectivity index (χ4n) is 1.80. The molecule has 0 radical (unpaired) electrons. The van der Waals surface area contributed by atoms with Crippen LogP contribution in [0, 0.1) is 0 Å². The van der Waals surface area contributed by atoms with E-state index in [1.807, 2.05) is 0 Å². The minimum atomic E-state index is -2.94. The van der Waals surface area contributed by atoms with Crippen LogP contribution < -0.4 is 0 Å². The highest BCUT2D eigenvalue weighted by Gasteiger charge is 2.39. The second-order valence-corrected chi connectivity index (χ2v) is 6.21. The molecule has 3 nitrogen and oxygen atoms in total. The Morgan fingerprint density at radius 2 is 2.08 bits per heavy atom.